The van der Waals surface area contributed by atoms with Crippen LogP contribution in [-0.4, -0.2) is 59.6 Å². The quantitative estimate of drug-likeness (QED) is 0.0685. The average molecular weight is 881 g/mol. The molecule has 334 valence electrons. The van der Waals surface area contributed by atoms with E-state index in [1.54, 1.807) is 30.3 Å². The molecule has 0 aromatic heterocycles. The molecule has 4 aliphatic rings. The molecule has 9 rings (SSSR count). The van der Waals surface area contributed by atoms with Crippen molar-refractivity contribution < 1.29 is 33.8 Å². The molecule has 0 bridgehead atoms. The Hall–Kier alpha value is -7.26. The van der Waals surface area contributed by atoms with Gasteiger partial charge in [0.25, 0.3) is 0 Å². The van der Waals surface area contributed by atoms with Gasteiger partial charge in [0.2, 0.25) is 11.8 Å². The summed E-state index contributed by atoms with van der Waals surface area (Å²) in [5.74, 6) is 3.68. The molecule has 0 saturated carbocycles. The number of allylic oxidation sites excluding steroid dienone is 2. The van der Waals surface area contributed by atoms with Crippen molar-refractivity contribution in [3.05, 3.63) is 191 Å². The van der Waals surface area contributed by atoms with Crippen molar-refractivity contribution >= 4 is 29.5 Å². The number of amides is 4. The van der Waals surface area contributed by atoms with Gasteiger partial charge >= 0.3 is 12.0 Å². The Balaban J connectivity index is 1.34. The lowest BCUT2D eigenvalue weighted by Gasteiger charge is -2.46. The first kappa shape index (κ1) is 44.0. The number of cyclic esters (lactones) is 1. The number of esters is 1. The molecule has 2 fully saturated rings. The maximum absolute atomic E-state index is 16.5. The molecule has 0 radical (unpaired) electrons. The van der Waals surface area contributed by atoms with E-state index in [9.17, 15) is 5.11 Å². The van der Waals surface area contributed by atoms with Crippen molar-refractivity contribution in [3.8, 4) is 17.6 Å². The van der Waals surface area contributed by atoms with Gasteiger partial charge in [-0.3, -0.25) is 19.3 Å². The van der Waals surface area contributed by atoms with Crippen molar-refractivity contribution in [2.24, 2.45) is 5.92 Å². The molecule has 3 N–H and O–H groups in total. The lowest BCUT2D eigenvalue weighted by molar-refractivity contribution is -0.178. The van der Waals surface area contributed by atoms with E-state index in [1.807, 2.05) is 115 Å². The van der Waals surface area contributed by atoms with E-state index < -0.39 is 65.4 Å². The zero-order valence-corrected chi connectivity index (χ0v) is 36.8. The third kappa shape index (κ3) is 7.97. The van der Waals surface area contributed by atoms with Gasteiger partial charge in [-0.25, -0.2) is 9.69 Å². The smallest absolute Gasteiger partial charge is 0.329 e. The molecule has 1 aliphatic carbocycles. The van der Waals surface area contributed by atoms with E-state index in [4.69, 9.17) is 9.47 Å². The Bertz CT molecular complexity index is 2730. The molecule has 11 heteroatoms. The van der Waals surface area contributed by atoms with E-state index in [-0.39, 0.29) is 25.4 Å². The maximum Gasteiger partial charge on any atom is 0.329 e. The van der Waals surface area contributed by atoms with Gasteiger partial charge in [-0.15, -0.1) is 6.58 Å². The van der Waals surface area contributed by atoms with Crippen LogP contribution < -0.4 is 20.3 Å². The summed E-state index contributed by atoms with van der Waals surface area (Å²) in [6.07, 6.45) is 6.76. The number of urea groups is 1. The molecule has 4 amide bonds. The van der Waals surface area contributed by atoms with Gasteiger partial charge in [-0.2, -0.15) is 0 Å². The molecular formula is C55H52N4O7. The number of imide groups is 1. The van der Waals surface area contributed by atoms with Crippen LogP contribution in [0.25, 0.3) is 0 Å². The van der Waals surface area contributed by atoms with Gasteiger partial charge in [-0.05, 0) is 96.3 Å². The molecule has 7 unspecified atom stereocenters. The molecule has 1 spiro atoms. The van der Waals surface area contributed by atoms with E-state index in [2.05, 4.69) is 35.1 Å². The fourth-order valence-corrected chi connectivity index (χ4v) is 10.4. The highest BCUT2D eigenvalue weighted by atomic mass is 16.6. The van der Waals surface area contributed by atoms with Gasteiger partial charge < -0.3 is 25.2 Å². The number of hydrogen-bond acceptors (Lipinski definition) is 8. The predicted molar refractivity (Wildman–Crippen MR) is 251 cm³/mol. The van der Waals surface area contributed by atoms with E-state index >= 15 is 19.2 Å². The summed E-state index contributed by atoms with van der Waals surface area (Å²) < 4.78 is 12.6. The first-order chi connectivity index (χ1) is 32.3. The molecule has 66 heavy (non-hydrogen) atoms. The highest BCUT2D eigenvalue weighted by molar-refractivity contribution is 6.24. The molecule has 5 aromatic rings. The average Bonchev–Trinajstić information content (AvgIpc) is 3.81. The number of nitrogens with one attached hydrogen (secondary N) is 2. The lowest BCUT2D eigenvalue weighted by atomic mass is 9.65. The van der Waals surface area contributed by atoms with Crippen molar-refractivity contribution in [2.45, 2.75) is 68.3 Å². The SMILES string of the molecule is C=CCNC(=O)C1C2C(=O)OC(c3ccccc3)C(c3ccccc3)N2C(c2cccc(OCCO)c2)C12C(=O)N(C(=O)NC(C)c1ccccc1)c1ccc(C#CC3=CCCCC3)cc12. The third-order valence-electron chi connectivity index (χ3n) is 13.2. The predicted octanol–water partition coefficient (Wildman–Crippen LogP) is 8.35. The van der Waals surface area contributed by atoms with Crippen LogP contribution in [0.4, 0.5) is 10.5 Å². The summed E-state index contributed by atoms with van der Waals surface area (Å²) in [4.78, 5) is 65.3. The number of fused-ring (bicyclic) bond motifs is 3. The minimum atomic E-state index is -1.96. The molecule has 7 atom stereocenters. The highest BCUT2D eigenvalue weighted by Crippen LogP contribution is 2.66. The van der Waals surface area contributed by atoms with Crippen LogP contribution in [-0.2, 0) is 24.5 Å². The summed E-state index contributed by atoms with van der Waals surface area (Å²) in [6.45, 7) is 5.49. The summed E-state index contributed by atoms with van der Waals surface area (Å²) in [7, 11) is 0. The van der Waals surface area contributed by atoms with Gasteiger partial charge in [-0.1, -0.05) is 127 Å². The van der Waals surface area contributed by atoms with Gasteiger partial charge in [0, 0.05) is 12.1 Å². The number of morpholine rings is 1. The highest BCUT2D eigenvalue weighted by Gasteiger charge is 2.75. The van der Waals surface area contributed by atoms with E-state index in [0.717, 1.165) is 47.3 Å². The van der Waals surface area contributed by atoms with E-state index in [1.165, 1.54) is 6.08 Å². The fraction of sp³-hybridized carbons (Fsp3) is 0.273. The van der Waals surface area contributed by atoms with Crippen molar-refractivity contribution in [2.75, 3.05) is 24.7 Å². The Kier molecular flexibility index (Phi) is 12.7. The Labute approximate surface area is 385 Å². The minimum Gasteiger partial charge on any atom is -0.491 e. The van der Waals surface area contributed by atoms with Crippen LogP contribution in [0.3, 0.4) is 0 Å². The number of anilines is 1. The summed E-state index contributed by atoms with van der Waals surface area (Å²) in [6, 6.07) is 36.6. The van der Waals surface area contributed by atoms with Crippen LogP contribution in [0.5, 0.6) is 5.75 Å². The number of rotatable bonds is 11. The van der Waals surface area contributed by atoms with Crippen LogP contribution >= 0.6 is 0 Å². The van der Waals surface area contributed by atoms with Crippen LogP contribution in [0, 0.1) is 17.8 Å². The van der Waals surface area contributed by atoms with Crippen molar-refractivity contribution in [1.82, 2.24) is 15.5 Å². The molecule has 11 nitrogen and oxygen atoms in total. The molecular weight excluding hydrogens is 829 g/mol. The van der Waals surface area contributed by atoms with Gasteiger partial charge in [0.1, 0.15) is 29.9 Å². The first-order valence-corrected chi connectivity index (χ1v) is 22.6. The molecule has 3 aliphatic heterocycles. The second-order valence-corrected chi connectivity index (χ2v) is 17.1. The van der Waals surface area contributed by atoms with Crippen molar-refractivity contribution in [1.29, 1.82) is 0 Å². The Morgan fingerprint density at radius 2 is 1.59 bits per heavy atom. The molecule has 3 heterocycles. The third-order valence-corrected chi connectivity index (χ3v) is 13.2. The Morgan fingerprint density at radius 3 is 2.29 bits per heavy atom. The van der Waals surface area contributed by atoms with Gasteiger partial charge in [0.05, 0.1) is 36.3 Å². The standard InChI is InChI=1S/C55H52N4O7/c1-3-31-56-51(61)46-48-52(62)66-49(41-23-14-7-15-24-41)47(40-21-12-6-13-22-40)59(48)50(42-25-16-26-43(35-42)65-33-32-60)55(46)44-34-38(28-27-37-17-8-4-9-18-37)29-30-45(44)58(53(55)63)54(64)57-36(2)39-19-10-5-11-20-39/h3,5-7,10-17,19-26,29-30,34-36,46-50,60H,1,4,8-9,18,31-33H2,2H3,(H,56,61)(H,57,64). The number of benzene rings is 5. The number of carbonyl (C=O) groups is 4. The first-order valence-electron chi connectivity index (χ1n) is 22.6. The monoisotopic (exact) mass is 880 g/mol. The number of nitrogens with zero attached hydrogens (tertiary/aromatic N) is 2. The van der Waals surface area contributed by atoms with Gasteiger partial charge in [0.15, 0.2) is 0 Å². The summed E-state index contributed by atoms with van der Waals surface area (Å²) in [5, 5.41) is 15.8. The van der Waals surface area contributed by atoms with Crippen LogP contribution in [0.1, 0.15) is 90.2 Å². The molecule has 5 aromatic carbocycles. The minimum absolute atomic E-state index is 0.00100. The summed E-state index contributed by atoms with van der Waals surface area (Å²) >= 11 is 0. The Morgan fingerprint density at radius 1 is 0.879 bits per heavy atom. The maximum atomic E-state index is 16.5. The topological polar surface area (TPSA) is 138 Å². The van der Waals surface area contributed by atoms with Crippen LogP contribution in [0.15, 0.2) is 158 Å². The normalized spacial score (nSPS) is 23.6. The lowest BCUT2D eigenvalue weighted by Crippen LogP contribution is -2.56. The number of hydrogen-bond donors (Lipinski definition) is 3. The second kappa shape index (κ2) is 19.1. The largest absolute Gasteiger partial charge is 0.491 e. The molecule has 2 saturated heterocycles. The second-order valence-electron chi connectivity index (χ2n) is 17.1. The van der Waals surface area contributed by atoms with Crippen molar-refractivity contribution in [3.63, 3.8) is 0 Å². The van der Waals surface area contributed by atoms with E-state index in [0.29, 0.717) is 28.0 Å². The number of ether oxygens (including phenoxy) is 2. The summed E-state index contributed by atoms with van der Waals surface area (Å²) in [5.41, 5.74) is 3.14. The van der Waals surface area contributed by atoms with Crippen LogP contribution in [0.2, 0.25) is 0 Å². The zero-order valence-electron chi connectivity index (χ0n) is 36.8. The number of aliphatic hydroxyl groups excluding tert-OH is 1. The number of aliphatic hydroxyl groups is 1. The zero-order chi connectivity index (χ0) is 45.8. The number of carbonyl (C=O) groups excluding carboxylic acids is 4. The fourth-order valence-electron chi connectivity index (χ4n) is 10.4.